The summed E-state index contributed by atoms with van der Waals surface area (Å²) in [5.41, 5.74) is 10.8. The first-order valence-electron chi connectivity index (χ1n) is 5.60. The number of aliphatic imine (C=N–C) groups is 1. The summed E-state index contributed by atoms with van der Waals surface area (Å²) in [7, 11) is 0. The minimum absolute atomic E-state index is 0. The molecule has 0 aromatic carbocycles. The molecule has 96 valence electrons. The van der Waals surface area contributed by atoms with E-state index in [0.29, 0.717) is 12.6 Å². The van der Waals surface area contributed by atoms with Gasteiger partial charge < -0.3 is 11.5 Å². The van der Waals surface area contributed by atoms with Gasteiger partial charge in [0.25, 0.3) is 0 Å². The maximum absolute atomic E-state index is 5.41. The van der Waals surface area contributed by atoms with Gasteiger partial charge in [0.05, 0.1) is 12.6 Å². The highest BCUT2D eigenvalue weighted by Gasteiger charge is 2.23. The largest absolute Gasteiger partial charge is 0.370 e. The quantitative estimate of drug-likeness (QED) is 0.485. The summed E-state index contributed by atoms with van der Waals surface area (Å²) in [6.45, 7) is 2.98. The van der Waals surface area contributed by atoms with Crippen molar-refractivity contribution < 1.29 is 0 Å². The van der Waals surface area contributed by atoms with Crippen LogP contribution in [0.2, 0.25) is 0 Å². The van der Waals surface area contributed by atoms with Crippen LogP contribution in [0.4, 0.5) is 0 Å². The van der Waals surface area contributed by atoms with Crippen molar-refractivity contribution in [1.29, 1.82) is 0 Å². The lowest BCUT2D eigenvalue weighted by molar-refractivity contribution is 0.255. The van der Waals surface area contributed by atoms with Gasteiger partial charge in [-0.3, -0.25) is 9.89 Å². The molecule has 1 aromatic rings. The Labute approximate surface area is 123 Å². The van der Waals surface area contributed by atoms with E-state index in [4.69, 9.17) is 11.5 Å². The molecule has 1 atom stereocenters. The maximum Gasteiger partial charge on any atom is 0.185 e. The van der Waals surface area contributed by atoms with Gasteiger partial charge in [0.1, 0.15) is 0 Å². The molecule has 0 aliphatic carbocycles. The SMILES string of the molecule is I.NC(N)=NCC(c1cccs1)N1CCCC1. The summed E-state index contributed by atoms with van der Waals surface area (Å²) >= 11 is 1.78. The molecule has 0 bridgehead atoms. The highest BCUT2D eigenvalue weighted by molar-refractivity contribution is 14.0. The van der Waals surface area contributed by atoms with Crippen molar-refractivity contribution in [2.75, 3.05) is 19.6 Å². The van der Waals surface area contributed by atoms with Gasteiger partial charge in [-0.1, -0.05) is 6.07 Å². The number of hydrogen-bond donors (Lipinski definition) is 2. The van der Waals surface area contributed by atoms with E-state index in [9.17, 15) is 0 Å². The van der Waals surface area contributed by atoms with Crippen molar-refractivity contribution in [2.24, 2.45) is 16.5 Å². The average Bonchev–Trinajstić information content (AvgIpc) is 2.88. The second-order valence-electron chi connectivity index (χ2n) is 4.04. The molecular weight excluding hydrogens is 347 g/mol. The van der Waals surface area contributed by atoms with Crippen molar-refractivity contribution in [3.05, 3.63) is 22.4 Å². The van der Waals surface area contributed by atoms with Crippen molar-refractivity contribution in [2.45, 2.75) is 18.9 Å². The number of halogens is 1. The smallest absolute Gasteiger partial charge is 0.185 e. The summed E-state index contributed by atoms with van der Waals surface area (Å²) < 4.78 is 0. The molecule has 0 amide bonds. The van der Waals surface area contributed by atoms with E-state index in [1.165, 1.54) is 17.7 Å². The predicted octanol–water partition coefficient (Wildman–Crippen LogP) is 1.78. The first kappa shape index (κ1) is 14.7. The lowest BCUT2D eigenvalue weighted by atomic mass is 10.2. The third-order valence-electron chi connectivity index (χ3n) is 2.90. The van der Waals surface area contributed by atoms with Crippen LogP contribution >= 0.6 is 35.3 Å². The Bertz CT molecular complexity index is 342. The monoisotopic (exact) mass is 366 g/mol. The third-order valence-corrected chi connectivity index (χ3v) is 3.87. The van der Waals surface area contributed by atoms with E-state index in [0.717, 1.165) is 13.1 Å². The zero-order chi connectivity index (χ0) is 11.4. The lowest BCUT2D eigenvalue weighted by Crippen LogP contribution is -2.29. The van der Waals surface area contributed by atoms with Crippen LogP contribution in [0.25, 0.3) is 0 Å². The van der Waals surface area contributed by atoms with E-state index in [2.05, 4.69) is 27.4 Å². The maximum atomic E-state index is 5.41. The van der Waals surface area contributed by atoms with Crippen LogP contribution in [0, 0.1) is 0 Å². The summed E-state index contributed by atoms with van der Waals surface area (Å²) in [4.78, 5) is 7.99. The van der Waals surface area contributed by atoms with Crippen LogP contribution in [-0.4, -0.2) is 30.5 Å². The molecule has 1 aliphatic heterocycles. The summed E-state index contributed by atoms with van der Waals surface area (Å²) in [6, 6.07) is 4.60. The highest BCUT2D eigenvalue weighted by Crippen LogP contribution is 2.28. The number of likely N-dealkylation sites (tertiary alicyclic amines) is 1. The molecular formula is C11H19IN4S. The van der Waals surface area contributed by atoms with Gasteiger partial charge in [-0.2, -0.15) is 0 Å². The van der Waals surface area contributed by atoms with Gasteiger partial charge in [0.2, 0.25) is 0 Å². The number of nitrogens with two attached hydrogens (primary N) is 2. The van der Waals surface area contributed by atoms with E-state index in [1.807, 2.05) is 0 Å². The van der Waals surface area contributed by atoms with Crippen LogP contribution in [0.15, 0.2) is 22.5 Å². The number of guanidine groups is 1. The van der Waals surface area contributed by atoms with Gasteiger partial charge in [-0.25, -0.2) is 0 Å². The van der Waals surface area contributed by atoms with Gasteiger partial charge in [0, 0.05) is 4.88 Å². The van der Waals surface area contributed by atoms with Crippen molar-refractivity contribution in [3.8, 4) is 0 Å². The third kappa shape index (κ3) is 4.11. The standard InChI is InChI=1S/C11H18N4S.HI/c12-11(13)14-8-9(10-4-3-7-16-10)15-5-1-2-6-15;/h3-4,7,9H,1-2,5-6,8H2,(H4,12,13,14);1H. The van der Waals surface area contributed by atoms with Crippen molar-refractivity contribution in [3.63, 3.8) is 0 Å². The average molecular weight is 366 g/mol. The molecule has 17 heavy (non-hydrogen) atoms. The number of hydrogen-bond acceptors (Lipinski definition) is 3. The first-order valence-corrected chi connectivity index (χ1v) is 6.48. The van der Waals surface area contributed by atoms with Gasteiger partial charge >= 0.3 is 0 Å². The fourth-order valence-electron chi connectivity index (χ4n) is 2.11. The van der Waals surface area contributed by atoms with Crippen LogP contribution in [0.5, 0.6) is 0 Å². The summed E-state index contributed by atoms with van der Waals surface area (Å²) in [5.74, 6) is 0.181. The second kappa shape index (κ2) is 7.17. The summed E-state index contributed by atoms with van der Waals surface area (Å²) in [6.07, 6.45) is 2.56. The second-order valence-corrected chi connectivity index (χ2v) is 5.02. The van der Waals surface area contributed by atoms with Gasteiger partial charge in [-0.05, 0) is 37.4 Å². The Hall–Kier alpha value is -0.340. The Balaban J connectivity index is 0.00000144. The van der Waals surface area contributed by atoms with Crippen LogP contribution < -0.4 is 11.5 Å². The molecule has 1 aromatic heterocycles. The molecule has 2 rings (SSSR count). The molecule has 1 aliphatic rings. The molecule has 1 saturated heterocycles. The number of nitrogens with zero attached hydrogens (tertiary/aromatic N) is 2. The molecule has 1 fully saturated rings. The molecule has 6 heteroatoms. The molecule has 0 radical (unpaired) electrons. The Morgan fingerprint density at radius 3 is 2.65 bits per heavy atom. The Morgan fingerprint density at radius 1 is 1.41 bits per heavy atom. The Kier molecular flexibility index (Phi) is 6.21. The normalized spacial score (nSPS) is 17.4. The minimum Gasteiger partial charge on any atom is -0.370 e. The van der Waals surface area contributed by atoms with E-state index in [1.54, 1.807) is 11.3 Å². The van der Waals surface area contributed by atoms with Crippen LogP contribution in [-0.2, 0) is 0 Å². The van der Waals surface area contributed by atoms with Gasteiger partial charge in [0.15, 0.2) is 5.96 Å². The Morgan fingerprint density at radius 2 is 2.12 bits per heavy atom. The fourth-order valence-corrected chi connectivity index (χ4v) is 2.96. The molecule has 4 N–H and O–H groups in total. The van der Waals surface area contributed by atoms with Crippen molar-refractivity contribution in [1.82, 2.24) is 4.90 Å². The topological polar surface area (TPSA) is 67.6 Å². The van der Waals surface area contributed by atoms with Gasteiger partial charge in [-0.15, -0.1) is 35.3 Å². The molecule has 0 saturated carbocycles. The zero-order valence-electron chi connectivity index (χ0n) is 9.71. The molecule has 4 nitrogen and oxygen atoms in total. The lowest BCUT2D eigenvalue weighted by Gasteiger charge is -2.25. The molecule has 0 spiro atoms. The van der Waals surface area contributed by atoms with Crippen molar-refractivity contribution >= 4 is 41.3 Å². The predicted molar refractivity (Wildman–Crippen MR) is 84.0 cm³/mol. The fraction of sp³-hybridized carbons (Fsp3) is 0.545. The minimum atomic E-state index is 0. The van der Waals surface area contributed by atoms with Crippen LogP contribution in [0.1, 0.15) is 23.8 Å². The highest BCUT2D eigenvalue weighted by atomic mass is 127. The molecule has 1 unspecified atom stereocenters. The zero-order valence-corrected chi connectivity index (χ0v) is 12.9. The summed E-state index contributed by atoms with van der Waals surface area (Å²) in [5, 5.41) is 2.11. The number of rotatable bonds is 4. The van der Waals surface area contributed by atoms with Crippen LogP contribution in [0.3, 0.4) is 0 Å². The number of thiophene rings is 1. The van der Waals surface area contributed by atoms with E-state index >= 15 is 0 Å². The molecule has 2 heterocycles. The van der Waals surface area contributed by atoms with E-state index in [-0.39, 0.29) is 29.9 Å². The first-order chi connectivity index (χ1) is 7.77. The van der Waals surface area contributed by atoms with E-state index < -0.39 is 0 Å².